The molecule has 124 valence electrons. The minimum absolute atomic E-state index is 0.0424. The second-order valence-corrected chi connectivity index (χ2v) is 5.72. The zero-order valence-corrected chi connectivity index (χ0v) is 14.2. The number of hydrogen-bond donors (Lipinski definition) is 1. The number of ether oxygens (including phenoxy) is 2. The van der Waals surface area contributed by atoms with Gasteiger partial charge in [0.25, 0.3) is 0 Å². The lowest BCUT2D eigenvalue weighted by atomic mass is 10.1. The van der Waals surface area contributed by atoms with Crippen LogP contribution in [0, 0.1) is 6.92 Å². The summed E-state index contributed by atoms with van der Waals surface area (Å²) in [7, 11) is 1.64. The van der Waals surface area contributed by atoms with Crippen LogP contribution in [0.5, 0.6) is 11.6 Å². The first-order valence-electron chi connectivity index (χ1n) is 7.79. The Hall–Kier alpha value is -2.14. The molecule has 0 bridgehead atoms. The molecule has 0 aliphatic carbocycles. The Kier molecular flexibility index (Phi) is 5.93. The van der Waals surface area contributed by atoms with E-state index in [4.69, 9.17) is 9.47 Å². The third-order valence-corrected chi connectivity index (χ3v) is 3.58. The summed E-state index contributed by atoms with van der Waals surface area (Å²) in [6, 6.07) is 7.73. The Balaban J connectivity index is 2.25. The molecule has 0 amide bonds. The van der Waals surface area contributed by atoms with Gasteiger partial charge in [0, 0.05) is 30.2 Å². The van der Waals surface area contributed by atoms with Gasteiger partial charge < -0.3 is 14.6 Å². The number of aliphatic hydroxyl groups excluding tert-OH is 1. The first-order valence-corrected chi connectivity index (χ1v) is 7.79. The molecule has 23 heavy (non-hydrogen) atoms. The molecule has 1 heterocycles. The lowest BCUT2D eigenvalue weighted by Crippen LogP contribution is -2.10. The lowest BCUT2D eigenvalue weighted by molar-refractivity contribution is 0.273. The van der Waals surface area contributed by atoms with Crippen LogP contribution in [-0.4, -0.2) is 28.8 Å². The standard InChI is InChI=1S/C18H24N2O3/c1-12(2)17-19-13(3)16(8-9-21)18(20-17)23-11-14-6-5-7-15(10-14)22-4/h5-7,10,12,21H,8-9,11H2,1-4H3. The molecule has 0 fully saturated rings. The van der Waals surface area contributed by atoms with E-state index in [1.807, 2.05) is 45.0 Å². The minimum Gasteiger partial charge on any atom is -0.497 e. The number of aryl methyl sites for hydroxylation is 1. The van der Waals surface area contributed by atoms with Gasteiger partial charge in [0.05, 0.1) is 7.11 Å². The number of methoxy groups -OCH3 is 1. The van der Waals surface area contributed by atoms with Crippen molar-refractivity contribution in [3.8, 4) is 11.6 Å². The predicted octanol–water partition coefficient (Wildman–Crippen LogP) is 3.03. The summed E-state index contributed by atoms with van der Waals surface area (Å²) in [6.45, 7) is 6.46. The molecule has 0 spiro atoms. The summed E-state index contributed by atoms with van der Waals surface area (Å²) in [5.74, 6) is 2.32. The Morgan fingerprint density at radius 3 is 2.65 bits per heavy atom. The van der Waals surface area contributed by atoms with Crippen LogP contribution < -0.4 is 9.47 Å². The fourth-order valence-corrected chi connectivity index (χ4v) is 2.28. The summed E-state index contributed by atoms with van der Waals surface area (Å²) in [4.78, 5) is 9.05. The molecule has 1 N–H and O–H groups in total. The van der Waals surface area contributed by atoms with Crippen LogP contribution in [0.1, 0.15) is 42.4 Å². The minimum atomic E-state index is 0.0424. The average molecular weight is 316 g/mol. The summed E-state index contributed by atoms with van der Waals surface area (Å²) < 4.78 is 11.2. The Morgan fingerprint density at radius 1 is 1.22 bits per heavy atom. The van der Waals surface area contributed by atoms with Gasteiger partial charge in [0.15, 0.2) is 0 Å². The number of hydrogen-bond acceptors (Lipinski definition) is 5. The van der Waals surface area contributed by atoms with E-state index in [-0.39, 0.29) is 12.5 Å². The molecule has 0 saturated heterocycles. The lowest BCUT2D eigenvalue weighted by Gasteiger charge is -2.15. The van der Waals surface area contributed by atoms with Crippen molar-refractivity contribution < 1.29 is 14.6 Å². The van der Waals surface area contributed by atoms with E-state index in [9.17, 15) is 5.11 Å². The highest BCUT2D eigenvalue weighted by Gasteiger charge is 2.15. The summed E-state index contributed by atoms with van der Waals surface area (Å²) >= 11 is 0. The van der Waals surface area contributed by atoms with E-state index in [2.05, 4.69) is 9.97 Å². The molecule has 5 nitrogen and oxygen atoms in total. The maximum atomic E-state index is 9.27. The van der Waals surface area contributed by atoms with Crippen LogP contribution in [0.25, 0.3) is 0 Å². The molecule has 0 atom stereocenters. The molecule has 0 radical (unpaired) electrons. The van der Waals surface area contributed by atoms with Crippen molar-refractivity contribution in [1.29, 1.82) is 0 Å². The highest BCUT2D eigenvalue weighted by molar-refractivity contribution is 5.32. The van der Waals surface area contributed by atoms with Crippen molar-refractivity contribution in [1.82, 2.24) is 9.97 Å². The van der Waals surface area contributed by atoms with Gasteiger partial charge in [-0.3, -0.25) is 0 Å². The van der Waals surface area contributed by atoms with E-state index in [1.54, 1.807) is 7.11 Å². The molecule has 2 rings (SSSR count). The van der Waals surface area contributed by atoms with E-state index in [0.717, 1.165) is 28.4 Å². The van der Waals surface area contributed by atoms with Gasteiger partial charge in [-0.15, -0.1) is 0 Å². The molecule has 0 aliphatic heterocycles. The maximum absolute atomic E-state index is 9.27. The Bertz CT molecular complexity index is 657. The van der Waals surface area contributed by atoms with Crippen LogP contribution in [0.4, 0.5) is 0 Å². The second-order valence-electron chi connectivity index (χ2n) is 5.72. The third kappa shape index (κ3) is 4.42. The number of benzene rings is 1. The fourth-order valence-electron chi connectivity index (χ4n) is 2.28. The summed E-state index contributed by atoms with van der Waals surface area (Å²) in [5.41, 5.74) is 2.72. The average Bonchev–Trinajstić information content (AvgIpc) is 2.55. The second kappa shape index (κ2) is 7.92. The zero-order valence-electron chi connectivity index (χ0n) is 14.2. The normalized spacial score (nSPS) is 10.9. The van der Waals surface area contributed by atoms with Crippen molar-refractivity contribution in [2.24, 2.45) is 0 Å². The molecule has 2 aromatic rings. The van der Waals surface area contributed by atoms with Crippen LogP contribution in [0.2, 0.25) is 0 Å². The number of rotatable bonds is 7. The molecule has 1 aromatic carbocycles. The van der Waals surface area contributed by atoms with Crippen LogP contribution >= 0.6 is 0 Å². The molecule has 1 aromatic heterocycles. The van der Waals surface area contributed by atoms with Crippen molar-refractivity contribution in [3.63, 3.8) is 0 Å². The van der Waals surface area contributed by atoms with Crippen molar-refractivity contribution in [2.45, 2.75) is 39.7 Å². The van der Waals surface area contributed by atoms with Gasteiger partial charge in [-0.05, 0) is 24.6 Å². The van der Waals surface area contributed by atoms with Crippen molar-refractivity contribution >= 4 is 0 Å². The molecular weight excluding hydrogens is 292 g/mol. The van der Waals surface area contributed by atoms with Crippen molar-refractivity contribution in [3.05, 3.63) is 46.9 Å². The Labute approximate surface area is 137 Å². The fraction of sp³-hybridized carbons (Fsp3) is 0.444. The molecule has 5 heteroatoms. The van der Waals surface area contributed by atoms with Gasteiger partial charge in [-0.25, -0.2) is 4.98 Å². The van der Waals surface area contributed by atoms with Crippen LogP contribution in [-0.2, 0) is 13.0 Å². The van der Waals surface area contributed by atoms with E-state index in [1.165, 1.54) is 0 Å². The predicted molar refractivity (Wildman–Crippen MR) is 89.0 cm³/mol. The van der Waals surface area contributed by atoms with E-state index < -0.39 is 0 Å². The third-order valence-electron chi connectivity index (χ3n) is 3.58. The van der Waals surface area contributed by atoms with E-state index >= 15 is 0 Å². The van der Waals surface area contributed by atoms with Crippen LogP contribution in [0.3, 0.4) is 0 Å². The molecule has 0 unspecified atom stereocenters. The van der Waals surface area contributed by atoms with E-state index in [0.29, 0.717) is 18.9 Å². The van der Waals surface area contributed by atoms with Gasteiger partial charge in [-0.1, -0.05) is 26.0 Å². The van der Waals surface area contributed by atoms with Gasteiger partial charge in [-0.2, -0.15) is 4.98 Å². The zero-order chi connectivity index (χ0) is 16.8. The number of aromatic nitrogens is 2. The van der Waals surface area contributed by atoms with Crippen molar-refractivity contribution in [2.75, 3.05) is 13.7 Å². The highest BCUT2D eigenvalue weighted by atomic mass is 16.5. The number of aliphatic hydroxyl groups is 1. The molecular formula is C18H24N2O3. The number of nitrogens with zero attached hydrogens (tertiary/aromatic N) is 2. The largest absolute Gasteiger partial charge is 0.497 e. The summed E-state index contributed by atoms with van der Waals surface area (Å²) in [5, 5.41) is 9.27. The first-order chi connectivity index (χ1) is 11.0. The maximum Gasteiger partial charge on any atom is 0.220 e. The molecule has 0 aliphatic rings. The molecule has 0 saturated carbocycles. The smallest absolute Gasteiger partial charge is 0.220 e. The Morgan fingerprint density at radius 2 is 2.00 bits per heavy atom. The van der Waals surface area contributed by atoms with Gasteiger partial charge in [0.1, 0.15) is 18.2 Å². The SMILES string of the molecule is COc1cccc(COc2nc(C(C)C)nc(C)c2CCO)c1. The summed E-state index contributed by atoms with van der Waals surface area (Å²) in [6.07, 6.45) is 0.484. The topological polar surface area (TPSA) is 64.5 Å². The highest BCUT2D eigenvalue weighted by Crippen LogP contribution is 2.24. The van der Waals surface area contributed by atoms with Crippen LogP contribution in [0.15, 0.2) is 24.3 Å². The monoisotopic (exact) mass is 316 g/mol. The quantitative estimate of drug-likeness (QED) is 0.850. The first kappa shape index (κ1) is 17.2. The van der Waals surface area contributed by atoms with Gasteiger partial charge >= 0.3 is 0 Å². The van der Waals surface area contributed by atoms with Gasteiger partial charge in [0.2, 0.25) is 5.88 Å².